The van der Waals surface area contributed by atoms with Gasteiger partial charge in [0.15, 0.2) is 0 Å². The van der Waals surface area contributed by atoms with Crippen LogP contribution in [-0.4, -0.2) is 77.6 Å². The van der Waals surface area contributed by atoms with Crippen molar-refractivity contribution >= 4 is 30.0 Å². The van der Waals surface area contributed by atoms with E-state index in [1.807, 2.05) is 0 Å². The zero-order valence-corrected chi connectivity index (χ0v) is 19.5. The van der Waals surface area contributed by atoms with Gasteiger partial charge >= 0.3 is 0 Å². The molecule has 13 heteroatoms. The fourth-order valence-corrected chi connectivity index (χ4v) is 3.16. The number of nitrogens with two attached hydrogens (primary N) is 2. The molecule has 10 N–H and O–H groups in total. The number of rotatable bonds is 16. The molecule has 194 valence electrons. The highest BCUT2D eigenvalue weighted by molar-refractivity contribution is 5.93. The minimum Gasteiger partial charge on any atom is -0.508 e. The van der Waals surface area contributed by atoms with Crippen LogP contribution < -0.4 is 32.7 Å². The normalized spacial score (nSPS) is 14.0. The van der Waals surface area contributed by atoms with Gasteiger partial charge in [0.1, 0.15) is 23.9 Å². The largest absolute Gasteiger partial charge is 0.508 e. The molecule has 0 bridgehead atoms. The number of hydrogen-bond acceptors (Lipinski definition) is 8. The van der Waals surface area contributed by atoms with E-state index in [1.54, 1.807) is 12.1 Å². The number of carbonyl (C=O) groups excluding carboxylic acids is 5. The van der Waals surface area contributed by atoms with Crippen molar-refractivity contribution in [1.82, 2.24) is 21.3 Å². The van der Waals surface area contributed by atoms with Crippen molar-refractivity contribution in [2.45, 2.75) is 56.8 Å². The van der Waals surface area contributed by atoms with Gasteiger partial charge in [0.25, 0.3) is 0 Å². The molecule has 0 aromatic heterocycles. The van der Waals surface area contributed by atoms with Crippen molar-refractivity contribution in [3.8, 4) is 5.75 Å². The molecule has 0 saturated carbocycles. The molecule has 35 heavy (non-hydrogen) atoms. The predicted octanol–water partition coefficient (Wildman–Crippen LogP) is -2.87. The first-order chi connectivity index (χ1) is 16.6. The van der Waals surface area contributed by atoms with Crippen LogP contribution in [0.3, 0.4) is 0 Å². The highest BCUT2D eigenvalue weighted by atomic mass is 16.3. The number of benzene rings is 1. The lowest BCUT2D eigenvalue weighted by Crippen LogP contribution is -2.57. The minimum absolute atomic E-state index is 0.0513. The number of nitrogens with one attached hydrogen (secondary N) is 4. The number of primary amides is 1. The molecule has 0 aliphatic heterocycles. The first kappa shape index (κ1) is 29.3. The Kier molecular flexibility index (Phi) is 12.8. The Morgan fingerprint density at radius 2 is 1.69 bits per heavy atom. The molecule has 0 saturated heterocycles. The Balaban J connectivity index is 2.75. The minimum atomic E-state index is -1.34. The third-order valence-electron chi connectivity index (χ3n) is 5.07. The Morgan fingerprint density at radius 1 is 1.03 bits per heavy atom. The molecule has 4 atom stereocenters. The maximum Gasteiger partial charge on any atom is 0.243 e. The van der Waals surface area contributed by atoms with Crippen LogP contribution in [0.15, 0.2) is 24.3 Å². The maximum absolute atomic E-state index is 12.6. The smallest absolute Gasteiger partial charge is 0.243 e. The molecule has 0 heterocycles. The van der Waals surface area contributed by atoms with Crippen molar-refractivity contribution in [2.24, 2.45) is 11.5 Å². The molecule has 0 aliphatic rings. The molecule has 0 spiro atoms. The summed E-state index contributed by atoms with van der Waals surface area (Å²) < 4.78 is 0. The standard InChI is InChI=1S/C22H34N6O7/c1-13(30)19(20(24)33)28-22(35)16(4-2-3-9-23)27-18(32)11-25-21(34)17(26-12-29)10-14-5-7-15(31)8-6-14/h5-8,12-13,16-17,19,30-31H,2-4,9-11,23H2,1H3,(H2,24,33)(H,25,34)(H,26,29)(H,27,32)(H,28,35)/t13?,16?,17-,19?/m0/s1. The van der Waals surface area contributed by atoms with Crippen molar-refractivity contribution in [2.75, 3.05) is 13.1 Å². The van der Waals surface area contributed by atoms with Gasteiger partial charge in [-0.3, -0.25) is 24.0 Å². The Morgan fingerprint density at radius 3 is 2.23 bits per heavy atom. The van der Waals surface area contributed by atoms with Gasteiger partial charge in [-0.05, 0) is 50.4 Å². The lowest BCUT2D eigenvalue weighted by molar-refractivity contribution is -0.133. The van der Waals surface area contributed by atoms with Gasteiger partial charge in [0, 0.05) is 6.42 Å². The van der Waals surface area contributed by atoms with E-state index < -0.39 is 54.4 Å². The second-order valence-corrected chi connectivity index (χ2v) is 7.96. The molecule has 1 aromatic carbocycles. The highest BCUT2D eigenvalue weighted by Crippen LogP contribution is 2.11. The van der Waals surface area contributed by atoms with Crippen LogP contribution >= 0.6 is 0 Å². The first-order valence-corrected chi connectivity index (χ1v) is 11.1. The number of carbonyl (C=O) groups is 5. The molecule has 5 amide bonds. The number of amides is 5. The monoisotopic (exact) mass is 494 g/mol. The molecule has 3 unspecified atom stereocenters. The van der Waals surface area contributed by atoms with Gasteiger partial charge in [0.05, 0.1) is 12.6 Å². The topological polar surface area (TPSA) is 226 Å². The van der Waals surface area contributed by atoms with E-state index in [4.69, 9.17) is 11.5 Å². The summed E-state index contributed by atoms with van der Waals surface area (Å²) in [5, 5.41) is 28.6. The summed E-state index contributed by atoms with van der Waals surface area (Å²) >= 11 is 0. The van der Waals surface area contributed by atoms with E-state index in [0.717, 1.165) is 0 Å². The number of aromatic hydroxyl groups is 1. The van der Waals surface area contributed by atoms with Gasteiger partial charge in [-0.2, -0.15) is 0 Å². The van der Waals surface area contributed by atoms with Gasteiger partial charge < -0.3 is 42.9 Å². The lowest BCUT2D eigenvalue weighted by atomic mass is 10.1. The highest BCUT2D eigenvalue weighted by Gasteiger charge is 2.28. The number of unbranched alkanes of at least 4 members (excludes halogenated alkanes) is 1. The Hall–Kier alpha value is -3.71. The van der Waals surface area contributed by atoms with Crippen molar-refractivity contribution < 1.29 is 34.2 Å². The van der Waals surface area contributed by atoms with Gasteiger partial charge in [-0.25, -0.2) is 0 Å². The van der Waals surface area contributed by atoms with E-state index in [-0.39, 0.29) is 18.6 Å². The van der Waals surface area contributed by atoms with Crippen LogP contribution in [0.1, 0.15) is 31.7 Å². The average Bonchev–Trinajstić information content (AvgIpc) is 2.80. The van der Waals surface area contributed by atoms with Gasteiger partial charge in [-0.15, -0.1) is 0 Å². The van der Waals surface area contributed by atoms with Crippen LogP contribution in [0.25, 0.3) is 0 Å². The summed E-state index contributed by atoms with van der Waals surface area (Å²) in [7, 11) is 0. The Bertz CT molecular complexity index is 862. The number of phenolic OH excluding ortho intramolecular Hbond substituents is 1. The fraction of sp³-hybridized carbons (Fsp3) is 0.500. The fourth-order valence-electron chi connectivity index (χ4n) is 3.16. The lowest BCUT2D eigenvalue weighted by Gasteiger charge is -2.23. The van der Waals surface area contributed by atoms with E-state index in [2.05, 4.69) is 21.3 Å². The third-order valence-corrected chi connectivity index (χ3v) is 5.07. The first-order valence-electron chi connectivity index (χ1n) is 11.1. The summed E-state index contributed by atoms with van der Waals surface area (Å²) in [6.07, 6.45) is 0.512. The zero-order chi connectivity index (χ0) is 26.4. The molecule has 13 nitrogen and oxygen atoms in total. The van der Waals surface area contributed by atoms with Crippen LogP contribution in [-0.2, 0) is 30.4 Å². The number of aliphatic hydroxyl groups is 1. The van der Waals surface area contributed by atoms with E-state index in [9.17, 15) is 34.2 Å². The Labute approximate surface area is 203 Å². The molecule has 0 radical (unpaired) electrons. The second kappa shape index (κ2) is 15.2. The molecule has 1 rings (SSSR count). The van der Waals surface area contributed by atoms with Crippen LogP contribution in [0.5, 0.6) is 5.75 Å². The summed E-state index contributed by atoms with van der Waals surface area (Å²) in [5.74, 6) is -2.93. The van der Waals surface area contributed by atoms with Crippen LogP contribution in [0.2, 0.25) is 0 Å². The SMILES string of the molecule is CC(O)C(NC(=O)C(CCCCN)NC(=O)CNC(=O)[C@H](Cc1ccc(O)cc1)NC=O)C(N)=O. The molecule has 1 aromatic rings. The second-order valence-electron chi connectivity index (χ2n) is 7.96. The number of hydrogen-bond donors (Lipinski definition) is 8. The molecule has 0 fully saturated rings. The zero-order valence-electron chi connectivity index (χ0n) is 19.5. The third kappa shape index (κ3) is 10.8. The van der Waals surface area contributed by atoms with Crippen molar-refractivity contribution in [1.29, 1.82) is 0 Å². The number of aliphatic hydroxyl groups excluding tert-OH is 1. The summed E-state index contributed by atoms with van der Waals surface area (Å²) in [6.45, 7) is 1.18. The van der Waals surface area contributed by atoms with Crippen molar-refractivity contribution in [3.63, 3.8) is 0 Å². The molecular formula is C22H34N6O7. The van der Waals surface area contributed by atoms with Crippen LogP contribution in [0.4, 0.5) is 0 Å². The summed E-state index contributed by atoms with van der Waals surface area (Å²) in [6, 6.07) is 2.68. The average molecular weight is 495 g/mol. The van der Waals surface area contributed by atoms with E-state index in [0.29, 0.717) is 31.4 Å². The predicted molar refractivity (Wildman–Crippen MR) is 125 cm³/mol. The summed E-state index contributed by atoms with van der Waals surface area (Å²) in [4.78, 5) is 60.0. The van der Waals surface area contributed by atoms with Gasteiger partial charge in [0.2, 0.25) is 30.0 Å². The van der Waals surface area contributed by atoms with Crippen LogP contribution in [0, 0.1) is 0 Å². The van der Waals surface area contributed by atoms with Crippen molar-refractivity contribution in [3.05, 3.63) is 29.8 Å². The summed E-state index contributed by atoms with van der Waals surface area (Å²) in [5.41, 5.74) is 11.3. The maximum atomic E-state index is 12.6. The van der Waals surface area contributed by atoms with Gasteiger partial charge in [-0.1, -0.05) is 12.1 Å². The van der Waals surface area contributed by atoms with E-state index in [1.165, 1.54) is 19.1 Å². The van der Waals surface area contributed by atoms with E-state index >= 15 is 0 Å². The quantitative estimate of drug-likeness (QED) is 0.0878. The molecule has 0 aliphatic carbocycles. The molecular weight excluding hydrogens is 460 g/mol. The number of phenols is 1.